The van der Waals surface area contributed by atoms with Crippen LogP contribution in [-0.2, 0) is 11.8 Å². The molecule has 0 saturated heterocycles. The maximum atomic E-state index is 12.8. The van der Waals surface area contributed by atoms with Crippen molar-refractivity contribution in [1.29, 1.82) is 0 Å². The van der Waals surface area contributed by atoms with Crippen LogP contribution in [0.25, 0.3) is 11.1 Å². The summed E-state index contributed by atoms with van der Waals surface area (Å²) in [5.74, 6) is 0.450. The Bertz CT molecular complexity index is 1050. The van der Waals surface area contributed by atoms with Gasteiger partial charge in [0.05, 0.1) is 36.6 Å². The predicted octanol–water partition coefficient (Wildman–Crippen LogP) is 3.56. The fourth-order valence-corrected chi connectivity index (χ4v) is 3.23. The average Bonchev–Trinajstić information content (AvgIpc) is 2.69. The number of rotatable bonds is 5. The fraction of sp³-hybridized carbons (Fsp3) is 0.217. The SMILES string of the molecule is C[n+]1ccc(C(=O)Nc2cncc(-c3ccccc3)c2)cc1NC(=O)C1CCC1. The number of nitrogens with zero attached hydrogens (tertiary/aromatic N) is 2. The van der Waals surface area contributed by atoms with Gasteiger partial charge in [-0.15, -0.1) is 0 Å². The smallest absolute Gasteiger partial charge is 0.310 e. The zero-order valence-corrected chi connectivity index (χ0v) is 16.3. The number of amides is 2. The van der Waals surface area contributed by atoms with E-state index in [9.17, 15) is 9.59 Å². The molecule has 1 aliphatic rings. The minimum atomic E-state index is -0.253. The second-order valence-electron chi connectivity index (χ2n) is 7.31. The summed E-state index contributed by atoms with van der Waals surface area (Å²) in [5, 5.41) is 5.82. The molecule has 0 atom stereocenters. The van der Waals surface area contributed by atoms with Crippen LogP contribution < -0.4 is 15.2 Å². The summed E-state index contributed by atoms with van der Waals surface area (Å²) in [6.45, 7) is 0. The van der Waals surface area contributed by atoms with Crippen LogP contribution in [0.15, 0.2) is 67.1 Å². The van der Waals surface area contributed by atoms with Crippen LogP contribution in [0.1, 0.15) is 29.6 Å². The van der Waals surface area contributed by atoms with E-state index in [1.807, 2.05) is 43.4 Å². The molecule has 2 N–H and O–H groups in total. The van der Waals surface area contributed by atoms with Crippen molar-refractivity contribution < 1.29 is 14.2 Å². The van der Waals surface area contributed by atoms with Crippen LogP contribution in [0, 0.1) is 5.92 Å². The molecule has 0 spiro atoms. The van der Waals surface area contributed by atoms with Gasteiger partial charge in [0.1, 0.15) is 0 Å². The Kier molecular flexibility index (Phi) is 5.33. The van der Waals surface area contributed by atoms with E-state index in [-0.39, 0.29) is 17.7 Å². The van der Waals surface area contributed by atoms with Crippen LogP contribution >= 0.6 is 0 Å². The van der Waals surface area contributed by atoms with Crippen LogP contribution in [0.2, 0.25) is 0 Å². The maximum Gasteiger partial charge on any atom is 0.310 e. The Morgan fingerprint density at radius 3 is 2.52 bits per heavy atom. The van der Waals surface area contributed by atoms with Gasteiger partial charge in [-0.1, -0.05) is 36.8 Å². The second kappa shape index (κ2) is 8.22. The van der Waals surface area contributed by atoms with Gasteiger partial charge in [0.2, 0.25) is 0 Å². The quantitative estimate of drug-likeness (QED) is 0.657. The minimum Gasteiger partial charge on any atom is -0.321 e. The Hall–Kier alpha value is -3.54. The van der Waals surface area contributed by atoms with Crippen molar-refractivity contribution in [1.82, 2.24) is 4.98 Å². The lowest BCUT2D eigenvalue weighted by molar-refractivity contribution is -0.657. The third-order valence-electron chi connectivity index (χ3n) is 5.24. The Labute approximate surface area is 169 Å². The monoisotopic (exact) mass is 387 g/mol. The molecule has 2 heterocycles. The van der Waals surface area contributed by atoms with E-state index >= 15 is 0 Å². The molecule has 0 aliphatic heterocycles. The molecule has 1 saturated carbocycles. The molecule has 4 rings (SSSR count). The molecule has 3 aromatic rings. The first-order valence-corrected chi connectivity index (χ1v) is 9.72. The summed E-state index contributed by atoms with van der Waals surface area (Å²) in [6.07, 6.45) is 8.11. The van der Waals surface area contributed by atoms with Crippen molar-refractivity contribution in [3.63, 3.8) is 0 Å². The standard InChI is InChI=1S/C23H22N4O2/c1-27-11-10-18(13-21(27)26-22(28)17-8-5-9-17)23(29)25-20-12-19(14-24-15-20)16-6-3-2-4-7-16/h2-4,6-7,10-15,17H,5,8-9H2,1H3,(H,25,29)/p+1. The summed E-state index contributed by atoms with van der Waals surface area (Å²) in [5.41, 5.74) is 3.04. The number of nitrogens with one attached hydrogen (secondary N) is 2. The molecule has 1 fully saturated rings. The highest BCUT2D eigenvalue weighted by Crippen LogP contribution is 2.27. The molecular formula is C23H23N4O2+. The van der Waals surface area contributed by atoms with Crippen molar-refractivity contribution in [2.75, 3.05) is 10.6 Å². The highest BCUT2D eigenvalue weighted by molar-refractivity contribution is 6.05. The van der Waals surface area contributed by atoms with Gasteiger partial charge in [-0.3, -0.25) is 9.78 Å². The van der Waals surface area contributed by atoms with Gasteiger partial charge in [-0.25, -0.2) is 14.7 Å². The van der Waals surface area contributed by atoms with Gasteiger partial charge in [0.25, 0.3) is 11.7 Å². The lowest BCUT2D eigenvalue weighted by Gasteiger charge is -2.21. The van der Waals surface area contributed by atoms with E-state index in [0.717, 1.165) is 30.4 Å². The van der Waals surface area contributed by atoms with Gasteiger partial charge in [0.15, 0.2) is 0 Å². The largest absolute Gasteiger partial charge is 0.321 e. The summed E-state index contributed by atoms with van der Waals surface area (Å²) in [7, 11) is 1.84. The first kappa shape index (κ1) is 18.8. The van der Waals surface area contributed by atoms with Crippen molar-refractivity contribution in [3.8, 4) is 11.1 Å². The highest BCUT2D eigenvalue weighted by Gasteiger charge is 2.29. The third kappa shape index (κ3) is 4.32. The van der Waals surface area contributed by atoms with E-state index in [1.54, 1.807) is 35.3 Å². The van der Waals surface area contributed by atoms with E-state index in [1.165, 1.54) is 0 Å². The van der Waals surface area contributed by atoms with Gasteiger partial charge in [0, 0.05) is 17.8 Å². The van der Waals surface area contributed by atoms with Gasteiger partial charge in [-0.2, -0.15) is 0 Å². The van der Waals surface area contributed by atoms with Crippen molar-refractivity contribution >= 4 is 23.3 Å². The van der Waals surface area contributed by atoms with Crippen LogP contribution in [0.4, 0.5) is 11.5 Å². The number of aromatic nitrogens is 2. The van der Waals surface area contributed by atoms with Gasteiger partial charge in [-0.05, 0) is 30.5 Å². The number of hydrogen-bond donors (Lipinski definition) is 2. The van der Waals surface area contributed by atoms with Crippen LogP contribution in [0.5, 0.6) is 0 Å². The fourth-order valence-electron chi connectivity index (χ4n) is 3.23. The molecule has 6 nitrogen and oxygen atoms in total. The first-order chi connectivity index (χ1) is 14.1. The van der Waals surface area contributed by atoms with Gasteiger partial charge < -0.3 is 5.32 Å². The van der Waals surface area contributed by atoms with Crippen molar-refractivity contribution in [2.24, 2.45) is 13.0 Å². The molecule has 0 unspecified atom stereocenters. The maximum absolute atomic E-state index is 12.8. The highest BCUT2D eigenvalue weighted by atomic mass is 16.2. The molecule has 0 radical (unpaired) electrons. The number of aryl methyl sites for hydroxylation is 1. The number of benzene rings is 1. The molecular weight excluding hydrogens is 364 g/mol. The molecule has 29 heavy (non-hydrogen) atoms. The molecule has 146 valence electrons. The Balaban J connectivity index is 1.50. The summed E-state index contributed by atoms with van der Waals surface area (Å²) in [6, 6.07) is 15.2. The molecule has 0 bridgehead atoms. The minimum absolute atomic E-state index is 0.0178. The van der Waals surface area contributed by atoms with Crippen molar-refractivity contribution in [2.45, 2.75) is 19.3 Å². The Morgan fingerprint density at radius 1 is 1.00 bits per heavy atom. The lowest BCUT2D eigenvalue weighted by atomic mass is 9.85. The first-order valence-electron chi connectivity index (χ1n) is 9.72. The molecule has 6 heteroatoms. The zero-order chi connectivity index (χ0) is 20.2. The van der Waals surface area contributed by atoms with E-state index in [2.05, 4.69) is 15.6 Å². The molecule has 2 aromatic heterocycles. The molecule has 2 amide bonds. The normalized spacial score (nSPS) is 13.4. The summed E-state index contributed by atoms with van der Waals surface area (Å²) >= 11 is 0. The third-order valence-corrected chi connectivity index (χ3v) is 5.24. The Morgan fingerprint density at radius 2 is 1.79 bits per heavy atom. The van der Waals surface area contributed by atoms with E-state index in [0.29, 0.717) is 17.1 Å². The average molecular weight is 387 g/mol. The van der Waals surface area contributed by atoms with Crippen molar-refractivity contribution in [3.05, 3.63) is 72.7 Å². The van der Waals surface area contributed by atoms with Crippen LogP contribution in [0.3, 0.4) is 0 Å². The lowest BCUT2D eigenvalue weighted by Crippen LogP contribution is -2.37. The number of anilines is 2. The number of hydrogen-bond acceptors (Lipinski definition) is 3. The number of pyridine rings is 2. The summed E-state index contributed by atoms with van der Waals surface area (Å²) in [4.78, 5) is 29.2. The van der Waals surface area contributed by atoms with E-state index < -0.39 is 0 Å². The topological polar surface area (TPSA) is 75.0 Å². The number of carbonyl (C=O) groups is 2. The summed E-state index contributed by atoms with van der Waals surface area (Å²) < 4.78 is 1.80. The van der Waals surface area contributed by atoms with Crippen LogP contribution in [-0.4, -0.2) is 16.8 Å². The predicted molar refractivity (Wildman–Crippen MR) is 111 cm³/mol. The van der Waals surface area contributed by atoms with Gasteiger partial charge >= 0.3 is 5.91 Å². The molecule has 1 aromatic carbocycles. The molecule has 1 aliphatic carbocycles. The number of carbonyl (C=O) groups excluding carboxylic acids is 2. The zero-order valence-electron chi connectivity index (χ0n) is 16.3. The second-order valence-corrected chi connectivity index (χ2v) is 7.31. The van der Waals surface area contributed by atoms with E-state index in [4.69, 9.17) is 0 Å².